The highest BCUT2D eigenvalue weighted by Crippen LogP contribution is 2.17. The molecule has 1 unspecified atom stereocenters. The van der Waals surface area contributed by atoms with Gasteiger partial charge in [-0.2, -0.15) is 0 Å². The fraction of sp³-hybridized carbons (Fsp3) is 0.600. The molecule has 1 atom stereocenters. The number of nitrogens with zero attached hydrogens (tertiary/aromatic N) is 2. The summed E-state index contributed by atoms with van der Waals surface area (Å²) in [5.74, 6) is 0.820. The summed E-state index contributed by atoms with van der Waals surface area (Å²) in [4.78, 5) is 17.2. The van der Waals surface area contributed by atoms with Gasteiger partial charge in [0.2, 0.25) is 0 Å². The predicted octanol–water partition coefficient (Wildman–Crippen LogP) is 1.66. The summed E-state index contributed by atoms with van der Waals surface area (Å²) in [7, 11) is 0. The van der Waals surface area contributed by atoms with Crippen LogP contribution in [0.15, 0.2) is 16.7 Å². The van der Waals surface area contributed by atoms with Gasteiger partial charge in [-0.25, -0.2) is 0 Å². The van der Waals surface area contributed by atoms with Crippen LogP contribution >= 0.6 is 12.2 Å². The minimum Gasteiger partial charge on any atom is -0.469 e. The van der Waals surface area contributed by atoms with E-state index >= 15 is 0 Å². The summed E-state index contributed by atoms with van der Waals surface area (Å²) in [6.07, 6.45) is 3.22. The van der Waals surface area contributed by atoms with Crippen LogP contribution in [0.3, 0.4) is 0 Å². The van der Waals surface area contributed by atoms with Crippen molar-refractivity contribution in [1.82, 2.24) is 9.80 Å². The van der Waals surface area contributed by atoms with Crippen molar-refractivity contribution >= 4 is 23.1 Å². The number of thiocarbonyl (C=S) groups is 1. The van der Waals surface area contributed by atoms with Crippen LogP contribution in [0.5, 0.6) is 0 Å². The summed E-state index contributed by atoms with van der Waals surface area (Å²) in [6, 6.07) is 1.90. The van der Waals surface area contributed by atoms with Gasteiger partial charge in [0.25, 0.3) is 5.91 Å². The van der Waals surface area contributed by atoms with E-state index in [4.69, 9.17) is 22.4 Å². The van der Waals surface area contributed by atoms with Crippen LogP contribution in [-0.2, 0) is 6.42 Å². The van der Waals surface area contributed by atoms with Gasteiger partial charge >= 0.3 is 0 Å². The Morgan fingerprint density at radius 1 is 1.38 bits per heavy atom. The lowest BCUT2D eigenvalue weighted by Crippen LogP contribution is -2.54. The van der Waals surface area contributed by atoms with Gasteiger partial charge in [-0.15, -0.1) is 0 Å². The summed E-state index contributed by atoms with van der Waals surface area (Å²) < 4.78 is 5.34. The molecule has 1 aromatic heterocycles. The van der Waals surface area contributed by atoms with Crippen molar-refractivity contribution in [3.8, 4) is 0 Å². The molecule has 1 fully saturated rings. The van der Waals surface area contributed by atoms with E-state index in [1.807, 2.05) is 11.8 Å². The maximum Gasteiger partial charge on any atom is 0.257 e. The van der Waals surface area contributed by atoms with Crippen molar-refractivity contribution in [1.29, 1.82) is 0 Å². The molecule has 6 heteroatoms. The monoisotopic (exact) mass is 309 g/mol. The number of amides is 1. The summed E-state index contributed by atoms with van der Waals surface area (Å²) in [5, 5.41) is 0. The zero-order chi connectivity index (χ0) is 15.4. The maximum absolute atomic E-state index is 12.5. The summed E-state index contributed by atoms with van der Waals surface area (Å²) in [5.41, 5.74) is 6.47. The maximum atomic E-state index is 12.5. The zero-order valence-electron chi connectivity index (χ0n) is 12.7. The average Bonchev–Trinajstić information content (AvgIpc) is 2.96. The molecule has 2 heterocycles. The normalized spacial score (nSPS) is 17.7. The van der Waals surface area contributed by atoms with E-state index in [1.54, 1.807) is 12.3 Å². The second kappa shape index (κ2) is 7.04. The first-order valence-electron chi connectivity index (χ1n) is 7.47. The van der Waals surface area contributed by atoms with E-state index in [0.29, 0.717) is 23.6 Å². The van der Waals surface area contributed by atoms with Gasteiger partial charge in [0.05, 0.1) is 22.9 Å². The van der Waals surface area contributed by atoms with Crippen LogP contribution in [0.1, 0.15) is 36.4 Å². The number of furan rings is 1. The molecule has 0 radical (unpaired) electrons. The van der Waals surface area contributed by atoms with Gasteiger partial charge in [-0.05, 0) is 12.5 Å². The second-order valence-corrected chi connectivity index (χ2v) is 5.74. The molecule has 5 nitrogen and oxygen atoms in total. The molecular formula is C15H23N3O2S. The van der Waals surface area contributed by atoms with Gasteiger partial charge in [0, 0.05) is 32.6 Å². The molecule has 1 aliphatic heterocycles. The van der Waals surface area contributed by atoms with Crippen LogP contribution in [0.25, 0.3) is 0 Å². The minimum atomic E-state index is 0.0589. The Morgan fingerprint density at radius 2 is 2.05 bits per heavy atom. The Hall–Kier alpha value is -1.40. The third-order valence-electron chi connectivity index (χ3n) is 4.05. The lowest BCUT2D eigenvalue weighted by Gasteiger charge is -2.38. The Balaban J connectivity index is 1.98. The first-order valence-corrected chi connectivity index (χ1v) is 7.88. The molecule has 21 heavy (non-hydrogen) atoms. The highest BCUT2D eigenvalue weighted by Gasteiger charge is 2.28. The van der Waals surface area contributed by atoms with Crippen LogP contribution in [-0.4, -0.2) is 52.9 Å². The Bertz CT molecular complexity index is 507. The van der Waals surface area contributed by atoms with Crippen LogP contribution < -0.4 is 5.73 Å². The second-order valence-electron chi connectivity index (χ2n) is 5.27. The average molecular weight is 309 g/mol. The lowest BCUT2D eigenvalue weighted by atomic mass is 10.1. The molecule has 2 N–H and O–H groups in total. The number of carbonyl (C=O) groups is 1. The van der Waals surface area contributed by atoms with Crippen molar-refractivity contribution in [2.45, 2.75) is 32.7 Å². The van der Waals surface area contributed by atoms with Crippen LogP contribution in [0, 0.1) is 0 Å². The van der Waals surface area contributed by atoms with E-state index < -0.39 is 0 Å². The topological polar surface area (TPSA) is 62.7 Å². The smallest absolute Gasteiger partial charge is 0.257 e. The van der Waals surface area contributed by atoms with Crippen molar-refractivity contribution < 1.29 is 9.21 Å². The van der Waals surface area contributed by atoms with Gasteiger partial charge in [0.15, 0.2) is 0 Å². The number of hydrogen-bond acceptors (Lipinski definition) is 4. The molecule has 0 bridgehead atoms. The van der Waals surface area contributed by atoms with E-state index in [2.05, 4.69) is 11.8 Å². The number of nitrogens with two attached hydrogens (primary N) is 1. The van der Waals surface area contributed by atoms with Gasteiger partial charge in [0.1, 0.15) is 5.76 Å². The predicted molar refractivity (Wildman–Crippen MR) is 86.4 cm³/mol. The molecule has 1 saturated heterocycles. The molecule has 0 aromatic carbocycles. The largest absolute Gasteiger partial charge is 0.469 e. The van der Waals surface area contributed by atoms with Gasteiger partial charge in [-0.3, -0.25) is 9.69 Å². The van der Waals surface area contributed by atoms with Crippen LogP contribution in [0.2, 0.25) is 0 Å². The van der Waals surface area contributed by atoms with E-state index in [0.717, 1.165) is 31.7 Å². The van der Waals surface area contributed by atoms with E-state index in [-0.39, 0.29) is 11.9 Å². The summed E-state index contributed by atoms with van der Waals surface area (Å²) in [6.45, 7) is 7.09. The van der Waals surface area contributed by atoms with Gasteiger partial charge < -0.3 is 15.1 Å². The Labute approximate surface area is 131 Å². The number of hydrogen-bond donors (Lipinski definition) is 1. The van der Waals surface area contributed by atoms with Crippen molar-refractivity contribution in [3.05, 3.63) is 23.7 Å². The standard InChI is InChI=1S/C15H23N3O2S/c1-3-12(14(16)21)17-6-8-18(9-7-17)15(19)11-5-10-20-13(11)4-2/h5,10,12H,3-4,6-9H2,1-2H3,(H2,16,21). The molecule has 116 valence electrons. The quantitative estimate of drug-likeness (QED) is 0.838. The van der Waals surface area contributed by atoms with Crippen LogP contribution in [0.4, 0.5) is 0 Å². The fourth-order valence-electron chi connectivity index (χ4n) is 2.85. The van der Waals surface area contributed by atoms with Crippen molar-refractivity contribution in [3.63, 3.8) is 0 Å². The Morgan fingerprint density at radius 3 is 2.57 bits per heavy atom. The third kappa shape index (κ3) is 3.44. The Kier molecular flexibility index (Phi) is 5.36. The molecule has 0 spiro atoms. The SMILES string of the molecule is CCc1occc1C(=O)N1CCN(C(CC)C(N)=S)CC1. The van der Waals surface area contributed by atoms with E-state index in [1.165, 1.54) is 0 Å². The third-order valence-corrected chi connectivity index (χ3v) is 4.33. The van der Waals surface area contributed by atoms with Crippen molar-refractivity contribution in [2.24, 2.45) is 5.73 Å². The molecule has 0 aliphatic carbocycles. The number of aryl methyl sites for hydroxylation is 1. The highest BCUT2D eigenvalue weighted by molar-refractivity contribution is 7.80. The first kappa shape index (κ1) is 16.0. The number of rotatable bonds is 5. The fourth-order valence-corrected chi connectivity index (χ4v) is 3.17. The summed E-state index contributed by atoms with van der Waals surface area (Å²) >= 11 is 5.12. The number of carbonyl (C=O) groups excluding carboxylic acids is 1. The molecule has 1 aliphatic rings. The molecule has 2 rings (SSSR count). The molecule has 0 saturated carbocycles. The van der Waals surface area contributed by atoms with E-state index in [9.17, 15) is 4.79 Å². The molecule has 1 aromatic rings. The lowest BCUT2D eigenvalue weighted by molar-refractivity contribution is 0.0609. The number of piperazine rings is 1. The van der Waals surface area contributed by atoms with Crippen molar-refractivity contribution in [2.75, 3.05) is 26.2 Å². The first-order chi connectivity index (χ1) is 10.1. The minimum absolute atomic E-state index is 0.0589. The zero-order valence-corrected chi connectivity index (χ0v) is 13.5. The van der Waals surface area contributed by atoms with Gasteiger partial charge in [-0.1, -0.05) is 26.1 Å². The highest BCUT2D eigenvalue weighted by atomic mass is 32.1. The molecule has 1 amide bonds. The molecular weight excluding hydrogens is 286 g/mol.